The quantitative estimate of drug-likeness (QED) is 0.894. The molecule has 20 heavy (non-hydrogen) atoms. The third-order valence-electron chi connectivity index (χ3n) is 3.43. The SMILES string of the molecule is COc1ccc2c(CCN(C)C(=O)[C@H](C)N)ccn2c1. The summed E-state index contributed by atoms with van der Waals surface area (Å²) in [6.07, 6.45) is 4.74. The van der Waals surface area contributed by atoms with Crippen molar-refractivity contribution >= 4 is 11.4 Å². The van der Waals surface area contributed by atoms with Gasteiger partial charge in [0.25, 0.3) is 0 Å². The first-order chi connectivity index (χ1) is 9.52. The van der Waals surface area contributed by atoms with Crippen LogP contribution in [0.3, 0.4) is 0 Å². The van der Waals surface area contributed by atoms with Gasteiger partial charge in [0.2, 0.25) is 5.91 Å². The molecule has 0 saturated carbocycles. The molecule has 2 heterocycles. The number of methoxy groups -OCH3 is 1. The van der Waals surface area contributed by atoms with Crippen LogP contribution in [-0.4, -0.2) is 42.0 Å². The Morgan fingerprint density at radius 1 is 1.45 bits per heavy atom. The molecule has 0 aromatic carbocycles. The molecule has 2 aromatic rings. The average Bonchev–Trinajstić information content (AvgIpc) is 2.85. The summed E-state index contributed by atoms with van der Waals surface area (Å²) < 4.78 is 7.23. The lowest BCUT2D eigenvalue weighted by Crippen LogP contribution is -2.40. The highest BCUT2D eigenvalue weighted by Crippen LogP contribution is 2.18. The van der Waals surface area contributed by atoms with Crippen LogP contribution in [0.5, 0.6) is 5.75 Å². The van der Waals surface area contributed by atoms with Crippen LogP contribution in [0.2, 0.25) is 0 Å². The molecule has 0 unspecified atom stereocenters. The lowest BCUT2D eigenvalue weighted by Gasteiger charge is -2.19. The second-order valence-corrected chi connectivity index (χ2v) is 5.00. The van der Waals surface area contributed by atoms with Crippen molar-refractivity contribution in [1.82, 2.24) is 9.30 Å². The van der Waals surface area contributed by atoms with E-state index in [0.717, 1.165) is 17.7 Å². The fraction of sp³-hybridized carbons (Fsp3) is 0.400. The first-order valence-electron chi connectivity index (χ1n) is 6.67. The van der Waals surface area contributed by atoms with Crippen molar-refractivity contribution in [2.45, 2.75) is 19.4 Å². The fourth-order valence-electron chi connectivity index (χ4n) is 2.23. The molecule has 1 atom stereocenters. The largest absolute Gasteiger partial charge is 0.495 e. The summed E-state index contributed by atoms with van der Waals surface area (Å²) in [6, 6.07) is 5.59. The highest BCUT2D eigenvalue weighted by Gasteiger charge is 2.13. The molecule has 5 nitrogen and oxygen atoms in total. The number of amides is 1. The lowest BCUT2D eigenvalue weighted by molar-refractivity contribution is -0.130. The summed E-state index contributed by atoms with van der Waals surface area (Å²) in [5, 5.41) is 0. The standard InChI is InChI=1S/C15H21N3O2/c1-11(16)15(19)17(2)8-6-12-7-9-18-10-13(20-3)4-5-14(12)18/h4-5,7,9-11H,6,8,16H2,1-3H3/t11-/m0/s1. The van der Waals surface area contributed by atoms with E-state index in [1.165, 1.54) is 5.56 Å². The number of likely N-dealkylation sites (N-methyl/N-ethyl adjacent to an activating group) is 1. The number of hydrogen-bond acceptors (Lipinski definition) is 3. The molecule has 1 amide bonds. The number of pyridine rings is 1. The van der Waals surface area contributed by atoms with E-state index in [1.807, 2.05) is 28.9 Å². The number of nitrogens with two attached hydrogens (primary N) is 1. The van der Waals surface area contributed by atoms with Crippen LogP contribution in [0.15, 0.2) is 30.6 Å². The molecule has 0 aliphatic heterocycles. The molecule has 0 spiro atoms. The number of carbonyl (C=O) groups excluding carboxylic acids is 1. The number of nitrogens with zero attached hydrogens (tertiary/aromatic N) is 2. The highest BCUT2D eigenvalue weighted by molar-refractivity contribution is 5.80. The minimum absolute atomic E-state index is 0.0322. The third-order valence-corrected chi connectivity index (χ3v) is 3.43. The molecule has 0 aliphatic carbocycles. The Morgan fingerprint density at radius 2 is 2.20 bits per heavy atom. The second-order valence-electron chi connectivity index (χ2n) is 5.00. The molecule has 2 rings (SSSR count). The van der Waals surface area contributed by atoms with Crippen LogP contribution in [0, 0.1) is 0 Å². The van der Waals surface area contributed by atoms with E-state index in [2.05, 4.69) is 6.07 Å². The van der Waals surface area contributed by atoms with E-state index in [9.17, 15) is 4.79 Å². The minimum Gasteiger partial charge on any atom is -0.495 e. The molecule has 5 heteroatoms. The highest BCUT2D eigenvalue weighted by atomic mass is 16.5. The van der Waals surface area contributed by atoms with Gasteiger partial charge in [0.05, 0.1) is 19.3 Å². The van der Waals surface area contributed by atoms with Gasteiger partial charge in [-0.2, -0.15) is 0 Å². The van der Waals surface area contributed by atoms with Crippen molar-refractivity contribution in [3.8, 4) is 5.75 Å². The maximum absolute atomic E-state index is 11.7. The van der Waals surface area contributed by atoms with Crippen molar-refractivity contribution in [1.29, 1.82) is 0 Å². The van der Waals surface area contributed by atoms with E-state index < -0.39 is 6.04 Å². The molecule has 0 saturated heterocycles. The smallest absolute Gasteiger partial charge is 0.238 e. The normalized spacial score (nSPS) is 12.4. The van der Waals surface area contributed by atoms with Gasteiger partial charge in [-0.15, -0.1) is 0 Å². The molecule has 2 N–H and O–H groups in total. The Labute approximate surface area is 118 Å². The molecule has 0 bridgehead atoms. The van der Waals surface area contributed by atoms with Gasteiger partial charge >= 0.3 is 0 Å². The Morgan fingerprint density at radius 3 is 2.85 bits per heavy atom. The second kappa shape index (κ2) is 5.96. The van der Waals surface area contributed by atoms with Crippen molar-refractivity contribution in [3.63, 3.8) is 0 Å². The maximum Gasteiger partial charge on any atom is 0.238 e. The van der Waals surface area contributed by atoms with E-state index in [1.54, 1.807) is 26.0 Å². The van der Waals surface area contributed by atoms with Crippen LogP contribution in [0.1, 0.15) is 12.5 Å². The molecule has 0 fully saturated rings. The zero-order chi connectivity index (χ0) is 14.7. The number of carbonyl (C=O) groups is 1. The zero-order valence-corrected chi connectivity index (χ0v) is 12.2. The van der Waals surface area contributed by atoms with E-state index >= 15 is 0 Å². The summed E-state index contributed by atoms with van der Waals surface area (Å²) in [5.74, 6) is 0.791. The van der Waals surface area contributed by atoms with Crippen LogP contribution in [0.4, 0.5) is 0 Å². The molecule has 0 radical (unpaired) electrons. The minimum atomic E-state index is -0.449. The van der Waals surface area contributed by atoms with Gasteiger partial charge in [-0.3, -0.25) is 4.79 Å². The van der Waals surface area contributed by atoms with E-state index in [0.29, 0.717) is 6.54 Å². The number of ether oxygens (including phenoxy) is 1. The Balaban J connectivity index is 2.09. The zero-order valence-electron chi connectivity index (χ0n) is 12.2. The molecule has 2 aromatic heterocycles. The van der Waals surface area contributed by atoms with Crippen LogP contribution in [0.25, 0.3) is 5.52 Å². The van der Waals surface area contributed by atoms with Crippen molar-refractivity contribution < 1.29 is 9.53 Å². The molecular formula is C15H21N3O2. The maximum atomic E-state index is 11.7. The number of hydrogen-bond donors (Lipinski definition) is 1. The summed E-state index contributed by atoms with van der Waals surface area (Å²) in [5.41, 5.74) is 7.94. The predicted molar refractivity (Wildman–Crippen MR) is 78.9 cm³/mol. The Bertz CT molecular complexity index is 604. The van der Waals surface area contributed by atoms with Gasteiger partial charge in [0.1, 0.15) is 5.75 Å². The summed E-state index contributed by atoms with van der Waals surface area (Å²) in [4.78, 5) is 13.4. The van der Waals surface area contributed by atoms with Crippen molar-refractivity contribution in [2.75, 3.05) is 20.7 Å². The average molecular weight is 275 g/mol. The Kier molecular flexibility index (Phi) is 4.29. The summed E-state index contributed by atoms with van der Waals surface area (Å²) in [6.45, 7) is 2.37. The third kappa shape index (κ3) is 2.93. The van der Waals surface area contributed by atoms with Gasteiger partial charge in [-0.1, -0.05) is 0 Å². The van der Waals surface area contributed by atoms with Crippen LogP contribution in [-0.2, 0) is 11.2 Å². The van der Waals surface area contributed by atoms with Crippen molar-refractivity contribution in [3.05, 3.63) is 36.2 Å². The number of rotatable bonds is 5. The number of aromatic nitrogens is 1. The van der Waals surface area contributed by atoms with Crippen LogP contribution < -0.4 is 10.5 Å². The van der Waals surface area contributed by atoms with E-state index in [-0.39, 0.29) is 5.91 Å². The van der Waals surface area contributed by atoms with Gasteiger partial charge in [0.15, 0.2) is 0 Å². The predicted octanol–water partition coefficient (Wildman–Crippen LogP) is 1.30. The fourth-order valence-corrected chi connectivity index (χ4v) is 2.23. The topological polar surface area (TPSA) is 60.0 Å². The first-order valence-corrected chi connectivity index (χ1v) is 6.67. The van der Waals surface area contributed by atoms with Gasteiger partial charge in [-0.25, -0.2) is 0 Å². The van der Waals surface area contributed by atoms with Gasteiger partial charge < -0.3 is 19.8 Å². The lowest BCUT2D eigenvalue weighted by atomic mass is 10.2. The van der Waals surface area contributed by atoms with E-state index in [4.69, 9.17) is 10.5 Å². The monoisotopic (exact) mass is 275 g/mol. The molecular weight excluding hydrogens is 254 g/mol. The first kappa shape index (κ1) is 14.4. The van der Waals surface area contributed by atoms with Crippen molar-refractivity contribution in [2.24, 2.45) is 5.73 Å². The summed E-state index contributed by atoms with van der Waals surface area (Å²) in [7, 11) is 3.44. The number of fused-ring (bicyclic) bond motifs is 1. The summed E-state index contributed by atoms with van der Waals surface area (Å²) >= 11 is 0. The molecule has 0 aliphatic rings. The van der Waals surface area contributed by atoms with Gasteiger partial charge in [0, 0.05) is 25.3 Å². The Hall–Kier alpha value is -2.01. The molecule has 108 valence electrons. The van der Waals surface area contributed by atoms with Gasteiger partial charge in [-0.05, 0) is 37.1 Å². The van der Waals surface area contributed by atoms with Crippen LogP contribution >= 0.6 is 0 Å².